The average molecular weight is 755 g/mol. The second-order valence-electron chi connectivity index (χ2n) is 12.9. The molecule has 1 saturated heterocycles. The van der Waals surface area contributed by atoms with Crippen LogP contribution in [-0.4, -0.2) is 36.3 Å². The number of allylic oxidation sites excluding steroid dienone is 5. The van der Waals surface area contributed by atoms with E-state index in [-0.39, 0.29) is 48.9 Å². The SMILES string of the molecule is [2H]C([2H])([2H])C1=NC2OC3=C([C@@H]4[N-]CC=C5C(C([2H])([2H])C(C)(C)C)=CSC54)[CH-]CCC3C2CC1.[C-]1=C(C2=CCCC[N-]2)CCCC1.[Ir]. The summed E-state index contributed by atoms with van der Waals surface area (Å²) in [5.41, 5.74) is 5.39. The Morgan fingerprint density at radius 3 is 2.88 bits per heavy atom. The van der Waals surface area contributed by atoms with Crippen LogP contribution < -0.4 is 0 Å². The summed E-state index contributed by atoms with van der Waals surface area (Å²) in [6.07, 6.45) is 18.9. The van der Waals surface area contributed by atoms with E-state index >= 15 is 0 Å². The zero-order chi connectivity index (χ0) is 32.0. The summed E-state index contributed by atoms with van der Waals surface area (Å²) in [5, 5.41) is 11.5. The molecule has 4 nitrogen and oxygen atoms in total. The van der Waals surface area contributed by atoms with Crippen LogP contribution in [0.2, 0.25) is 0 Å². The molecule has 5 heterocycles. The molecule has 0 spiro atoms. The number of ether oxygens (including phenoxy) is 1. The first kappa shape index (κ1) is 25.2. The summed E-state index contributed by atoms with van der Waals surface area (Å²) in [4.78, 5) is 4.53. The third-order valence-electron chi connectivity index (χ3n) is 8.75. The number of aliphatic imine (C=N–C) groups is 1. The number of hydrogen-bond donors (Lipinski definition) is 0. The summed E-state index contributed by atoms with van der Waals surface area (Å²) < 4.78 is 47.2. The van der Waals surface area contributed by atoms with Gasteiger partial charge in [-0.15, -0.1) is 49.8 Å². The summed E-state index contributed by atoms with van der Waals surface area (Å²) in [6, 6.07) is -0.0801. The van der Waals surface area contributed by atoms with Gasteiger partial charge < -0.3 is 21.1 Å². The van der Waals surface area contributed by atoms with E-state index in [1.807, 2.05) is 26.2 Å². The first-order chi connectivity index (χ1) is 21.4. The Balaban J connectivity index is 0.000000269. The molecule has 7 aliphatic rings. The molecule has 41 heavy (non-hydrogen) atoms. The molecule has 0 amide bonds. The van der Waals surface area contributed by atoms with Gasteiger partial charge in [-0.05, 0) is 59.7 Å². The molecule has 1 fully saturated rings. The van der Waals surface area contributed by atoms with Crippen LogP contribution >= 0.6 is 11.8 Å². The van der Waals surface area contributed by atoms with E-state index in [4.69, 9.17) is 16.9 Å². The Morgan fingerprint density at radius 1 is 1.22 bits per heavy atom. The van der Waals surface area contributed by atoms with Crippen LogP contribution in [-0.2, 0) is 24.8 Å². The second kappa shape index (κ2) is 13.6. The van der Waals surface area contributed by atoms with Crippen molar-refractivity contribution in [2.45, 2.75) is 116 Å². The standard InChI is InChI=1S/C24H32N2OS.C11H15N.Ir/c1-14-8-9-18-17-6-5-7-19(21(17)27-23(18)26-14)20-22-16(10-11-25-20)15(13-28-22)12-24(2,3)4;1-2-6-10(7-3-1)11-8-4-5-9-12-11;/h7,10,13,17-18,20,22-23H,5-6,8-9,11-12H2,1-4H3;8H,1-6,9H2;/q2*-2;/t17?,18?,20-,22?,23?;;/m0../s1/i1D3,12D2;;. The van der Waals surface area contributed by atoms with Crippen LogP contribution in [0.15, 0.2) is 56.3 Å². The minimum atomic E-state index is -2.15. The zero-order valence-electron chi connectivity index (χ0n) is 29.7. The molecule has 7 rings (SSSR count). The predicted octanol–water partition coefficient (Wildman–Crippen LogP) is 9.54. The minimum absolute atomic E-state index is 0. The molecular weight excluding hydrogens is 703 g/mol. The molecule has 0 N–H and O–H groups in total. The Hall–Kier alpha value is -1.20. The van der Waals surface area contributed by atoms with Crippen molar-refractivity contribution in [1.82, 2.24) is 0 Å². The molecule has 6 heteroatoms. The van der Waals surface area contributed by atoms with Crippen molar-refractivity contribution < 1.29 is 31.7 Å². The molecule has 4 unspecified atom stereocenters. The van der Waals surface area contributed by atoms with Gasteiger partial charge in [0.25, 0.3) is 0 Å². The Morgan fingerprint density at radius 2 is 2.12 bits per heavy atom. The molecule has 0 saturated carbocycles. The van der Waals surface area contributed by atoms with Crippen LogP contribution in [0.25, 0.3) is 10.6 Å². The maximum Gasteiger partial charge on any atom is 0.171 e. The van der Waals surface area contributed by atoms with Gasteiger partial charge in [0, 0.05) is 43.8 Å². The van der Waals surface area contributed by atoms with Crippen molar-refractivity contribution in [2.24, 2.45) is 22.2 Å². The van der Waals surface area contributed by atoms with Gasteiger partial charge >= 0.3 is 0 Å². The van der Waals surface area contributed by atoms with Gasteiger partial charge in [0.15, 0.2) is 6.23 Å². The first-order valence-corrected chi connectivity index (χ1v) is 16.3. The van der Waals surface area contributed by atoms with Gasteiger partial charge in [0.1, 0.15) is 0 Å². The van der Waals surface area contributed by atoms with E-state index in [0.717, 1.165) is 54.7 Å². The summed E-state index contributed by atoms with van der Waals surface area (Å²) in [6.45, 7) is 5.28. The Bertz CT molecular complexity index is 1320. The van der Waals surface area contributed by atoms with Crippen molar-refractivity contribution in [3.05, 3.63) is 74.4 Å². The minimum Gasteiger partial charge on any atom is -0.770 e. The smallest absolute Gasteiger partial charge is 0.171 e. The maximum atomic E-state index is 8.81. The van der Waals surface area contributed by atoms with Gasteiger partial charge in [-0.1, -0.05) is 59.3 Å². The molecule has 2 aliphatic carbocycles. The number of hydrogen-bond acceptors (Lipinski definition) is 3. The quantitative estimate of drug-likeness (QED) is 0.270. The van der Waals surface area contributed by atoms with Crippen molar-refractivity contribution in [1.29, 1.82) is 0 Å². The number of fused-ring (bicyclic) bond motifs is 4. The molecule has 0 aromatic rings. The van der Waals surface area contributed by atoms with E-state index in [1.165, 1.54) is 43.4 Å². The van der Waals surface area contributed by atoms with Gasteiger partial charge in [0.2, 0.25) is 0 Å². The summed E-state index contributed by atoms with van der Waals surface area (Å²) in [7, 11) is 0. The number of rotatable bonds is 3. The third-order valence-corrected chi connectivity index (χ3v) is 9.93. The zero-order valence-corrected chi connectivity index (χ0v) is 27.9. The van der Waals surface area contributed by atoms with Crippen molar-refractivity contribution in [3.8, 4) is 0 Å². The van der Waals surface area contributed by atoms with E-state index in [0.29, 0.717) is 13.0 Å². The van der Waals surface area contributed by atoms with Gasteiger partial charge in [-0.25, -0.2) is 12.0 Å². The average Bonchev–Trinajstić information content (AvgIpc) is 3.63. The Labute approximate surface area is 273 Å². The molecule has 0 bridgehead atoms. The topological polar surface area (TPSA) is 49.8 Å². The van der Waals surface area contributed by atoms with E-state index in [9.17, 15) is 0 Å². The largest absolute Gasteiger partial charge is 0.770 e. The molecule has 1 radical (unpaired) electrons. The van der Waals surface area contributed by atoms with Gasteiger partial charge in [-0.2, -0.15) is 11.6 Å². The molecular formula is C35H47IrN3OS-4. The molecule has 0 aromatic carbocycles. The summed E-state index contributed by atoms with van der Waals surface area (Å²) in [5.74, 6) is 1.45. The van der Waals surface area contributed by atoms with E-state index in [2.05, 4.69) is 35.0 Å². The van der Waals surface area contributed by atoms with Gasteiger partial charge in [0.05, 0.1) is 0 Å². The van der Waals surface area contributed by atoms with Crippen LogP contribution in [0.3, 0.4) is 0 Å². The Kier molecular flexibility index (Phi) is 8.36. The van der Waals surface area contributed by atoms with Crippen molar-refractivity contribution in [3.63, 3.8) is 0 Å². The summed E-state index contributed by atoms with van der Waals surface area (Å²) >= 11 is 1.67. The molecule has 5 atom stereocenters. The molecule has 5 aliphatic heterocycles. The van der Waals surface area contributed by atoms with Crippen LogP contribution in [0.5, 0.6) is 0 Å². The number of thioether (sulfide) groups is 1. The van der Waals surface area contributed by atoms with Crippen molar-refractivity contribution >= 4 is 17.5 Å². The fraction of sp³-hybridized carbons (Fsp3) is 0.657. The monoisotopic (exact) mass is 755 g/mol. The fourth-order valence-electron chi connectivity index (χ4n) is 6.92. The number of nitrogens with zero attached hydrogens (tertiary/aromatic N) is 3. The maximum absolute atomic E-state index is 8.81. The van der Waals surface area contributed by atoms with Crippen LogP contribution in [0.4, 0.5) is 0 Å². The first-order valence-electron chi connectivity index (χ1n) is 17.9. The molecule has 227 valence electrons. The predicted molar refractivity (Wildman–Crippen MR) is 169 cm³/mol. The van der Waals surface area contributed by atoms with E-state index in [1.54, 1.807) is 11.8 Å². The normalized spacial score (nSPS) is 34.9. The van der Waals surface area contributed by atoms with Crippen molar-refractivity contribution in [2.75, 3.05) is 13.1 Å². The second-order valence-corrected chi connectivity index (χ2v) is 13.9. The van der Waals surface area contributed by atoms with Crippen LogP contribution in [0.1, 0.15) is 105 Å². The van der Waals surface area contributed by atoms with Crippen LogP contribution in [0, 0.1) is 29.7 Å². The van der Waals surface area contributed by atoms with E-state index < -0.39 is 24.9 Å². The third kappa shape index (κ3) is 7.14. The molecule has 0 aromatic heterocycles. The van der Waals surface area contributed by atoms with Gasteiger partial charge in [-0.3, -0.25) is 11.1 Å². The fourth-order valence-corrected chi connectivity index (χ4v) is 8.15.